The van der Waals surface area contributed by atoms with Crippen molar-refractivity contribution in [2.75, 3.05) is 18.6 Å². The lowest BCUT2D eigenvalue weighted by atomic mass is 10.0. The molecule has 1 amide bonds. The van der Waals surface area contributed by atoms with Crippen molar-refractivity contribution in [3.8, 4) is 11.5 Å². The summed E-state index contributed by atoms with van der Waals surface area (Å²) < 4.78 is 42.3. The number of carbonyl (C=O) groups is 2. The molecule has 3 N–H and O–H groups in total. The molecule has 0 saturated heterocycles. The van der Waals surface area contributed by atoms with E-state index in [1.165, 1.54) is 48.8 Å². The zero-order valence-corrected chi connectivity index (χ0v) is 23.3. The first-order valence-electron chi connectivity index (χ1n) is 12.9. The van der Waals surface area contributed by atoms with Crippen LogP contribution in [0.25, 0.3) is 0 Å². The largest absolute Gasteiger partial charge is 0.489 e. The number of nitrogens with one attached hydrogen (secondary N) is 1. The number of alkyl halides is 2. The monoisotopic (exact) mass is 623 g/mol. The van der Waals surface area contributed by atoms with Gasteiger partial charge in [0.15, 0.2) is 17.7 Å². The van der Waals surface area contributed by atoms with E-state index in [0.29, 0.717) is 23.7 Å². The summed E-state index contributed by atoms with van der Waals surface area (Å²) in [6, 6.07) is 8.62. The third kappa shape index (κ3) is 6.51. The first kappa shape index (κ1) is 29.8. The highest BCUT2D eigenvalue weighted by Gasteiger charge is 2.39. The van der Waals surface area contributed by atoms with E-state index in [4.69, 9.17) is 32.7 Å². The Labute approximate surface area is 248 Å². The van der Waals surface area contributed by atoms with Gasteiger partial charge in [-0.05, 0) is 48.1 Å². The standard InChI is InChI=1S/C28H25Cl2F2N3O7/c29-18-10-33-11-19(30)17(18)9-22(15-6-7-21(42-28(31)32)23(8-15)40-13-14-4-5-14)41-24(36)12-35-26(37)16-2-1-3-20(34-39)25(16)27(35)38/h1-3,6-8,10-11,14,22,26,28,34,37,39H,4-5,9,12-13H2/t22-,26?/m0/s1. The van der Waals surface area contributed by atoms with Gasteiger partial charge in [0.1, 0.15) is 12.6 Å². The number of esters is 1. The molecule has 2 aromatic carbocycles. The van der Waals surface area contributed by atoms with E-state index >= 15 is 0 Å². The Morgan fingerprint density at radius 3 is 2.55 bits per heavy atom. The molecule has 10 nitrogen and oxygen atoms in total. The molecule has 1 unspecified atom stereocenters. The van der Waals surface area contributed by atoms with Crippen molar-refractivity contribution in [2.45, 2.75) is 38.2 Å². The summed E-state index contributed by atoms with van der Waals surface area (Å²) in [4.78, 5) is 31.1. The predicted octanol–water partition coefficient (Wildman–Crippen LogP) is 5.55. The van der Waals surface area contributed by atoms with Crippen molar-refractivity contribution < 1.29 is 42.9 Å². The number of anilines is 1. The molecule has 5 rings (SSSR count). The van der Waals surface area contributed by atoms with Gasteiger partial charge in [-0.15, -0.1) is 0 Å². The van der Waals surface area contributed by atoms with Crippen LogP contribution < -0.4 is 15.0 Å². The highest BCUT2D eigenvalue weighted by atomic mass is 35.5. The van der Waals surface area contributed by atoms with Crippen LogP contribution in [-0.4, -0.2) is 51.8 Å². The molecule has 1 fully saturated rings. The number of halogens is 4. The van der Waals surface area contributed by atoms with Gasteiger partial charge in [-0.2, -0.15) is 8.78 Å². The van der Waals surface area contributed by atoms with Gasteiger partial charge in [0.25, 0.3) is 5.91 Å². The van der Waals surface area contributed by atoms with E-state index in [1.54, 1.807) is 0 Å². The fourth-order valence-electron chi connectivity index (χ4n) is 4.60. The van der Waals surface area contributed by atoms with E-state index in [2.05, 4.69) is 9.72 Å². The summed E-state index contributed by atoms with van der Waals surface area (Å²) in [7, 11) is 0. The van der Waals surface area contributed by atoms with Crippen LogP contribution in [0.2, 0.25) is 10.0 Å². The summed E-state index contributed by atoms with van der Waals surface area (Å²) in [5.41, 5.74) is 2.95. The summed E-state index contributed by atoms with van der Waals surface area (Å²) in [5, 5.41) is 20.5. The number of benzene rings is 2. The molecule has 3 aromatic rings. The van der Waals surface area contributed by atoms with Crippen LogP contribution >= 0.6 is 23.2 Å². The zero-order valence-electron chi connectivity index (χ0n) is 21.8. The Hall–Kier alpha value is -3.71. The Bertz CT molecular complexity index is 1470. The number of nitrogens with zero attached hydrogens (tertiary/aromatic N) is 2. The van der Waals surface area contributed by atoms with Crippen molar-refractivity contribution in [3.05, 3.63) is 81.1 Å². The lowest BCUT2D eigenvalue weighted by molar-refractivity contribution is -0.152. The number of ether oxygens (including phenoxy) is 3. The fourth-order valence-corrected chi connectivity index (χ4v) is 5.12. The number of hydrogen-bond donors (Lipinski definition) is 3. The topological polar surface area (TPSA) is 130 Å². The first-order chi connectivity index (χ1) is 20.2. The van der Waals surface area contributed by atoms with Crippen LogP contribution in [0.15, 0.2) is 48.8 Å². The fraction of sp³-hybridized carbons (Fsp3) is 0.321. The third-order valence-corrected chi connectivity index (χ3v) is 7.56. The van der Waals surface area contributed by atoms with Crippen molar-refractivity contribution in [2.24, 2.45) is 5.92 Å². The number of carbonyl (C=O) groups excluding carboxylic acids is 2. The number of pyridine rings is 1. The van der Waals surface area contributed by atoms with Gasteiger partial charge in [-0.3, -0.25) is 30.2 Å². The van der Waals surface area contributed by atoms with E-state index in [0.717, 1.165) is 17.7 Å². The molecule has 0 radical (unpaired) electrons. The van der Waals surface area contributed by atoms with E-state index in [9.17, 15) is 28.7 Å². The smallest absolute Gasteiger partial charge is 0.387 e. The Morgan fingerprint density at radius 1 is 1.14 bits per heavy atom. The van der Waals surface area contributed by atoms with Gasteiger partial charge >= 0.3 is 12.6 Å². The average Bonchev–Trinajstić information content (AvgIpc) is 3.76. The number of amides is 1. The van der Waals surface area contributed by atoms with Crippen LogP contribution in [-0.2, 0) is 16.0 Å². The first-order valence-corrected chi connectivity index (χ1v) is 13.6. The summed E-state index contributed by atoms with van der Waals surface area (Å²) >= 11 is 12.7. The van der Waals surface area contributed by atoms with Gasteiger partial charge in [0.2, 0.25) is 0 Å². The molecule has 2 atom stereocenters. The average molecular weight is 624 g/mol. The van der Waals surface area contributed by atoms with Crippen molar-refractivity contribution in [3.63, 3.8) is 0 Å². The van der Waals surface area contributed by atoms with Gasteiger partial charge in [-0.1, -0.05) is 41.4 Å². The van der Waals surface area contributed by atoms with Crippen LogP contribution in [0.5, 0.6) is 11.5 Å². The van der Waals surface area contributed by atoms with Gasteiger partial charge < -0.3 is 19.3 Å². The van der Waals surface area contributed by atoms with Gasteiger partial charge in [0.05, 0.1) is 27.9 Å². The summed E-state index contributed by atoms with van der Waals surface area (Å²) in [6.45, 7) is -3.43. The summed E-state index contributed by atoms with van der Waals surface area (Å²) in [5.74, 6) is -1.43. The lowest BCUT2D eigenvalue weighted by Crippen LogP contribution is -2.35. The number of rotatable bonds is 12. The maximum Gasteiger partial charge on any atom is 0.387 e. The number of aliphatic hydroxyl groups excluding tert-OH is 1. The van der Waals surface area contributed by atoms with Crippen LogP contribution in [0.3, 0.4) is 0 Å². The second kappa shape index (κ2) is 12.7. The third-order valence-electron chi connectivity index (χ3n) is 6.91. The quantitative estimate of drug-likeness (QED) is 0.175. The molecule has 2 aliphatic rings. The Kier molecular flexibility index (Phi) is 8.97. The maximum atomic E-state index is 13.2. The highest BCUT2D eigenvalue weighted by molar-refractivity contribution is 6.35. The predicted molar refractivity (Wildman–Crippen MR) is 146 cm³/mol. The van der Waals surface area contributed by atoms with Gasteiger partial charge in [-0.25, -0.2) is 0 Å². The highest BCUT2D eigenvalue weighted by Crippen LogP contribution is 2.39. The molecular formula is C28H25Cl2F2N3O7. The van der Waals surface area contributed by atoms with Crippen LogP contribution in [0.1, 0.15) is 52.2 Å². The number of aliphatic hydroxyl groups is 1. The molecule has 1 saturated carbocycles. The molecule has 1 aromatic heterocycles. The molecule has 222 valence electrons. The minimum absolute atomic E-state index is 0.0132. The normalized spacial score (nSPS) is 16.8. The molecule has 14 heteroatoms. The molecule has 1 aliphatic heterocycles. The lowest BCUT2D eigenvalue weighted by Gasteiger charge is -2.24. The van der Waals surface area contributed by atoms with Crippen molar-refractivity contribution in [1.82, 2.24) is 9.88 Å². The minimum Gasteiger partial charge on any atom is -0.489 e. The van der Waals surface area contributed by atoms with E-state index in [1.807, 2.05) is 5.48 Å². The number of hydrogen-bond acceptors (Lipinski definition) is 9. The minimum atomic E-state index is -3.09. The molecule has 42 heavy (non-hydrogen) atoms. The Morgan fingerprint density at radius 2 is 1.88 bits per heavy atom. The summed E-state index contributed by atoms with van der Waals surface area (Å²) in [6.07, 6.45) is 2.08. The van der Waals surface area contributed by atoms with Crippen molar-refractivity contribution in [1.29, 1.82) is 0 Å². The van der Waals surface area contributed by atoms with E-state index < -0.39 is 37.4 Å². The Balaban J connectivity index is 1.42. The van der Waals surface area contributed by atoms with E-state index in [-0.39, 0.29) is 44.8 Å². The van der Waals surface area contributed by atoms with Crippen molar-refractivity contribution >= 4 is 40.8 Å². The van der Waals surface area contributed by atoms with Crippen LogP contribution in [0.4, 0.5) is 14.5 Å². The second-order valence-corrected chi connectivity index (χ2v) is 10.6. The second-order valence-electron chi connectivity index (χ2n) is 9.79. The molecular weight excluding hydrogens is 599 g/mol. The molecule has 0 bridgehead atoms. The molecule has 0 spiro atoms. The number of aromatic nitrogens is 1. The van der Waals surface area contributed by atoms with Crippen LogP contribution in [0, 0.1) is 5.92 Å². The molecule has 1 aliphatic carbocycles. The van der Waals surface area contributed by atoms with Gasteiger partial charge in [0, 0.05) is 24.4 Å². The zero-order chi connectivity index (χ0) is 30.0. The number of fused-ring (bicyclic) bond motifs is 1. The SMILES string of the molecule is O=C(CN1C(=O)c2c(NO)cccc2C1O)O[C@@H](Cc1c(Cl)cncc1Cl)c1ccc(OC(F)F)c(OCC2CC2)c1. The molecule has 2 heterocycles. The maximum absolute atomic E-state index is 13.2.